The molecule has 0 spiro atoms. The number of rotatable bonds is 5. The lowest BCUT2D eigenvalue weighted by Gasteiger charge is -2.08. The Balaban J connectivity index is 1.43. The number of benzene rings is 2. The second-order valence-electron chi connectivity index (χ2n) is 6.31. The predicted molar refractivity (Wildman–Crippen MR) is 117 cm³/mol. The Hall–Kier alpha value is -3.22. The lowest BCUT2D eigenvalue weighted by atomic mass is 10.2. The maximum absolute atomic E-state index is 12.6. The summed E-state index contributed by atoms with van der Waals surface area (Å²) < 4.78 is 0.975. The molecule has 0 aliphatic carbocycles. The van der Waals surface area contributed by atoms with E-state index < -0.39 is 0 Å². The highest BCUT2D eigenvalue weighted by Crippen LogP contribution is 2.35. The number of carbonyl (C=O) groups excluding carboxylic acids is 2. The van der Waals surface area contributed by atoms with Crippen molar-refractivity contribution in [3.8, 4) is 0 Å². The van der Waals surface area contributed by atoms with Crippen molar-refractivity contribution in [3.63, 3.8) is 0 Å². The van der Waals surface area contributed by atoms with E-state index in [1.54, 1.807) is 30.6 Å². The van der Waals surface area contributed by atoms with Gasteiger partial charge in [-0.3, -0.25) is 14.6 Å². The monoisotopic (exact) mass is 421 g/mol. The molecule has 144 valence electrons. The van der Waals surface area contributed by atoms with Gasteiger partial charge in [0.1, 0.15) is 4.88 Å². The number of carbonyl (C=O) groups is 2. The molecule has 4 aromatic rings. The van der Waals surface area contributed by atoms with Crippen LogP contribution in [0.25, 0.3) is 10.1 Å². The van der Waals surface area contributed by atoms with Crippen molar-refractivity contribution >= 4 is 50.5 Å². The predicted octanol–water partition coefficient (Wildman–Crippen LogP) is 5.13. The van der Waals surface area contributed by atoms with Crippen LogP contribution in [0.5, 0.6) is 0 Å². The first kappa shape index (κ1) is 19.1. The van der Waals surface area contributed by atoms with E-state index in [4.69, 9.17) is 11.6 Å². The average Bonchev–Trinajstić information content (AvgIpc) is 3.10. The quantitative estimate of drug-likeness (QED) is 0.469. The van der Waals surface area contributed by atoms with E-state index in [0.29, 0.717) is 27.7 Å². The van der Waals surface area contributed by atoms with Crippen molar-refractivity contribution in [1.82, 2.24) is 10.3 Å². The van der Waals surface area contributed by atoms with E-state index >= 15 is 0 Å². The van der Waals surface area contributed by atoms with Crippen LogP contribution in [0.4, 0.5) is 5.69 Å². The van der Waals surface area contributed by atoms with Gasteiger partial charge in [0.2, 0.25) is 0 Å². The normalized spacial score (nSPS) is 10.7. The lowest BCUT2D eigenvalue weighted by Crippen LogP contribution is -2.22. The van der Waals surface area contributed by atoms with Crippen LogP contribution in [0.15, 0.2) is 73.1 Å². The zero-order valence-corrected chi connectivity index (χ0v) is 16.8. The molecule has 4 rings (SSSR count). The number of nitrogens with one attached hydrogen (secondary N) is 2. The van der Waals surface area contributed by atoms with Crippen molar-refractivity contribution in [1.29, 1.82) is 0 Å². The summed E-state index contributed by atoms with van der Waals surface area (Å²) in [6.45, 7) is 0.322. The van der Waals surface area contributed by atoms with Gasteiger partial charge >= 0.3 is 0 Å². The number of hydrogen-bond donors (Lipinski definition) is 2. The molecule has 0 bridgehead atoms. The van der Waals surface area contributed by atoms with Gasteiger partial charge in [-0.25, -0.2) is 0 Å². The van der Waals surface area contributed by atoms with Gasteiger partial charge in [-0.2, -0.15) is 0 Å². The highest BCUT2D eigenvalue weighted by Gasteiger charge is 2.16. The third kappa shape index (κ3) is 4.29. The SMILES string of the molecule is O=C(Nc1cccc(CNC(=O)c2sc3ccccc3c2Cl)c1)c1ccncc1. The van der Waals surface area contributed by atoms with Gasteiger partial charge in [-0.05, 0) is 35.9 Å². The van der Waals surface area contributed by atoms with Crippen LogP contribution in [0.2, 0.25) is 5.02 Å². The molecule has 2 aromatic carbocycles. The number of pyridine rings is 1. The summed E-state index contributed by atoms with van der Waals surface area (Å²) in [5, 5.41) is 7.09. The smallest absolute Gasteiger partial charge is 0.263 e. The van der Waals surface area contributed by atoms with Gasteiger partial charge in [-0.15, -0.1) is 11.3 Å². The van der Waals surface area contributed by atoms with Gasteiger partial charge in [0.25, 0.3) is 11.8 Å². The van der Waals surface area contributed by atoms with E-state index in [9.17, 15) is 9.59 Å². The average molecular weight is 422 g/mol. The van der Waals surface area contributed by atoms with Crippen LogP contribution >= 0.6 is 22.9 Å². The second-order valence-corrected chi connectivity index (χ2v) is 7.74. The van der Waals surface area contributed by atoms with E-state index in [-0.39, 0.29) is 11.8 Å². The number of anilines is 1. The van der Waals surface area contributed by atoms with Gasteiger partial charge in [-0.1, -0.05) is 41.9 Å². The highest BCUT2D eigenvalue weighted by molar-refractivity contribution is 7.21. The fourth-order valence-corrected chi connectivity index (χ4v) is 4.32. The Morgan fingerprint density at radius 3 is 2.55 bits per heavy atom. The molecule has 0 aliphatic rings. The summed E-state index contributed by atoms with van der Waals surface area (Å²) >= 11 is 7.74. The van der Waals surface area contributed by atoms with E-state index in [2.05, 4.69) is 15.6 Å². The largest absolute Gasteiger partial charge is 0.347 e. The van der Waals surface area contributed by atoms with Crippen LogP contribution < -0.4 is 10.6 Å². The van der Waals surface area contributed by atoms with E-state index in [0.717, 1.165) is 15.6 Å². The number of nitrogens with zero attached hydrogens (tertiary/aromatic N) is 1. The summed E-state index contributed by atoms with van der Waals surface area (Å²) in [6.07, 6.45) is 3.14. The third-order valence-corrected chi connectivity index (χ3v) is 6.00. The van der Waals surface area contributed by atoms with Gasteiger partial charge in [0, 0.05) is 40.3 Å². The molecule has 0 saturated heterocycles. The number of hydrogen-bond acceptors (Lipinski definition) is 4. The minimum absolute atomic E-state index is 0.217. The number of aromatic nitrogens is 1. The fraction of sp³-hybridized carbons (Fsp3) is 0.0455. The number of halogens is 1. The molecular weight excluding hydrogens is 406 g/mol. The second kappa shape index (κ2) is 8.43. The zero-order valence-electron chi connectivity index (χ0n) is 15.2. The first-order valence-corrected chi connectivity index (χ1v) is 10.1. The Kier molecular flexibility index (Phi) is 5.55. The first-order chi connectivity index (χ1) is 14.1. The standard InChI is InChI=1S/C22H16ClN3O2S/c23-19-17-6-1-2-7-18(17)29-20(19)22(28)25-13-14-4-3-5-16(12-14)26-21(27)15-8-10-24-11-9-15/h1-12H,13H2,(H,25,28)(H,26,27). The molecule has 0 unspecified atom stereocenters. The Labute approximate surface area is 176 Å². The molecule has 29 heavy (non-hydrogen) atoms. The Bertz CT molecular complexity index is 1190. The molecule has 2 amide bonds. The summed E-state index contributed by atoms with van der Waals surface area (Å²) in [4.78, 5) is 29.3. The maximum atomic E-state index is 12.6. The highest BCUT2D eigenvalue weighted by atomic mass is 35.5. The minimum atomic E-state index is -0.220. The summed E-state index contributed by atoms with van der Waals surface area (Å²) in [5.41, 5.74) is 2.04. The molecule has 2 N–H and O–H groups in total. The topological polar surface area (TPSA) is 71.1 Å². The molecule has 0 fully saturated rings. The van der Waals surface area contributed by atoms with Gasteiger partial charge < -0.3 is 10.6 Å². The summed E-state index contributed by atoms with van der Waals surface area (Å²) in [6, 6.07) is 18.3. The molecule has 5 nitrogen and oxygen atoms in total. The zero-order chi connectivity index (χ0) is 20.2. The molecule has 0 radical (unpaired) electrons. The summed E-state index contributed by atoms with van der Waals surface area (Å²) in [7, 11) is 0. The molecule has 0 aliphatic heterocycles. The molecular formula is C22H16ClN3O2S. The molecule has 0 saturated carbocycles. The maximum Gasteiger partial charge on any atom is 0.263 e. The molecule has 0 atom stereocenters. The van der Waals surface area contributed by atoms with Crippen molar-refractivity contribution in [2.24, 2.45) is 0 Å². The van der Waals surface area contributed by atoms with Crippen molar-refractivity contribution in [2.45, 2.75) is 6.54 Å². The van der Waals surface area contributed by atoms with Crippen LogP contribution in [-0.4, -0.2) is 16.8 Å². The number of thiophene rings is 1. The van der Waals surface area contributed by atoms with Crippen molar-refractivity contribution in [2.75, 3.05) is 5.32 Å². The fourth-order valence-electron chi connectivity index (χ4n) is 2.89. The molecule has 7 heteroatoms. The van der Waals surface area contributed by atoms with E-state index in [1.807, 2.05) is 42.5 Å². The summed E-state index contributed by atoms with van der Waals surface area (Å²) in [5.74, 6) is -0.437. The van der Waals surface area contributed by atoms with Gasteiger partial charge in [0.15, 0.2) is 0 Å². The molecule has 2 heterocycles. The lowest BCUT2D eigenvalue weighted by molar-refractivity contribution is 0.0954. The Morgan fingerprint density at radius 1 is 0.966 bits per heavy atom. The van der Waals surface area contributed by atoms with Crippen LogP contribution in [0.1, 0.15) is 25.6 Å². The molecule has 2 aromatic heterocycles. The van der Waals surface area contributed by atoms with E-state index in [1.165, 1.54) is 11.3 Å². The first-order valence-electron chi connectivity index (χ1n) is 8.87. The van der Waals surface area contributed by atoms with Crippen LogP contribution in [0.3, 0.4) is 0 Å². The van der Waals surface area contributed by atoms with Crippen molar-refractivity contribution in [3.05, 3.63) is 94.1 Å². The minimum Gasteiger partial charge on any atom is -0.347 e. The van der Waals surface area contributed by atoms with Crippen LogP contribution in [-0.2, 0) is 6.54 Å². The van der Waals surface area contributed by atoms with Crippen LogP contribution in [0, 0.1) is 0 Å². The van der Waals surface area contributed by atoms with Crippen molar-refractivity contribution < 1.29 is 9.59 Å². The Morgan fingerprint density at radius 2 is 1.76 bits per heavy atom. The van der Waals surface area contributed by atoms with Gasteiger partial charge in [0.05, 0.1) is 5.02 Å². The number of fused-ring (bicyclic) bond motifs is 1. The number of amides is 2. The third-order valence-electron chi connectivity index (χ3n) is 4.32.